The predicted molar refractivity (Wildman–Crippen MR) is 71.0 cm³/mol. The van der Waals surface area contributed by atoms with Gasteiger partial charge < -0.3 is 5.32 Å². The van der Waals surface area contributed by atoms with E-state index in [1.807, 2.05) is 45.0 Å². The first-order valence-electron chi connectivity index (χ1n) is 5.06. The topological polar surface area (TPSA) is 29.1 Å². The molecule has 1 aromatic rings. The van der Waals surface area contributed by atoms with Gasteiger partial charge in [-0.3, -0.25) is 4.79 Å². The Hall–Kier alpha value is -0.540. The smallest absolute Gasteiger partial charge is 0.236 e. The zero-order chi connectivity index (χ0) is 12.3. The van der Waals surface area contributed by atoms with Crippen LogP contribution in [-0.4, -0.2) is 10.2 Å². The first-order valence-corrected chi connectivity index (χ1v) is 6.24. The minimum Gasteiger partial charge on any atom is -0.348 e. The van der Waals surface area contributed by atoms with Crippen LogP contribution in [0.1, 0.15) is 32.4 Å². The molecule has 1 aromatic carbocycles. The van der Waals surface area contributed by atoms with Crippen LogP contribution in [0.3, 0.4) is 0 Å². The number of amides is 1. The van der Waals surface area contributed by atoms with Crippen LogP contribution in [0.15, 0.2) is 24.3 Å². The molecule has 0 aliphatic carbocycles. The fourth-order valence-corrected chi connectivity index (χ4v) is 1.69. The Labute approximate surface area is 110 Å². The first kappa shape index (κ1) is 13.5. The van der Waals surface area contributed by atoms with E-state index in [1.54, 1.807) is 0 Å². The van der Waals surface area contributed by atoms with E-state index >= 15 is 0 Å². The molecule has 0 aromatic heterocycles. The fourth-order valence-electron chi connectivity index (χ4n) is 1.27. The van der Waals surface area contributed by atoms with Gasteiger partial charge >= 0.3 is 0 Å². The lowest BCUT2D eigenvalue weighted by molar-refractivity contribution is -0.123. The molecule has 16 heavy (non-hydrogen) atoms. The van der Waals surface area contributed by atoms with Gasteiger partial charge in [0.15, 0.2) is 0 Å². The van der Waals surface area contributed by atoms with Crippen molar-refractivity contribution in [2.45, 2.75) is 31.1 Å². The Bertz CT molecular complexity index is 387. The average molecular weight is 305 g/mol. The van der Waals surface area contributed by atoms with Crippen molar-refractivity contribution in [1.29, 1.82) is 0 Å². The molecule has 1 rings (SSSR count). The van der Waals surface area contributed by atoms with Crippen molar-refractivity contribution < 1.29 is 4.79 Å². The predicted octanol–water partition coefficient (Wildman–Crippen LogP) is 3.69. The van der Waals surface area contributed by atoms with E-state index in [2.05, 4.69) is 21.2 Å². The highest BCUT2D eigenvalue weighted by molar-refractivity contribution is 9.10. The molecule has 0 heterocycles. The summed E-state index contributed by atoms with van der Waals surface area (Å²) < 4.78 is -0.567. The van der Waals surface area contributed by atoms with Gasteiger partial charge in [-0.05, 0) is 32.4 Å². The highest BCUT2D eigenvalue weighted by atomic mass is 79.9. The van der Waals surface area contributed by atoms with Crippen molar-refractivity contribution in [3.63, 3.8) is 0 Å². The molecule has 4 heteroatoms. The van der Waals surface area contributed by atoms with Crippen LogP contribution >= 0.6 is 27.5 Å². The number of benzene rings is 1. The Morgan fingerprint density at radius 2 is 2.00 bits per heavy atom. The summed E-state index contributed by atoms with van der Waals surface area (Å²) in [6.45, 7) is 5.53. The van der Waals surface area contributed by atoms with E-state index in [0.29, 0.717) is 5.02 Å². The number of hydrogen-bond donors (Lipinski definition) is 1. The van der Waals surface area contributed by atoms with E-state index in [4.69, 9.17) is 11.6 Å². The highest BCUT2D eigenvalue weighted by Gasteiger charge is 2.25. The maximum absolute atomic E-state index is 11.8. The monoisotopic (exact) mass is 303 g/mol. The Balaban J connectivity index is 2.78. The highest BCUT2D eigenvalue weighted by Crippen LogP contribution is 2.24. The van der Waals surface area contributed by atoms with Gasteiger partial charge in [0.1, 0.15) is 0 Å². The van der Waals surface area contributed by atoms with E-state index < -0.39 is 4.32 Å². The SMILES string of the molecule is CC(NC(=O)C(C)(C)Br)c1ccccc1Cl. The third-order valence-electron chi connectivity index (χ3n) is 2.26. The second-order valence-corrected chi connectivity index (χ2v) is 6.58. The first-order chi connectivity index (χ1) is 7.32. The van der Waals surface area contributed by atoms with Crippen molar-refractivity contribution in [3.05, 3.63) is 34.9 Å². The molecule has 2 nitrogen and oxygen atoms in total. The van der Waals surface area contributed by atoms with Gasteiger partial charge in [-0.2, -0.15) is 0 Å². The second-order valence-electron chi connectivity index (χ2n) is 4.19. The maximum atomic E-state index is 11.8. The van der Waals surface area contributed by atoms with E-state index in [1.165, 1.54) is 0 Å². The van der Waals surface area contributed by atoms with Gasteiger partial charge in [0.25, 0.3) is 0 Å². The largest absolute Gasteiger partial charge is 0.348 e. The summed E-state index contributed by atoms with van der Waals surface area (Å²) in [5.41, 5.74) is 0.925. The Morgan fingerprint density at radius 3 is 2.50 bits per heavy atom. The van der Waals surface area contributed by atoms with Crippen LogP contribution in [0.25, 0.3) is 0 Å². The summed E-state index contributed by atoms with van der Waals surface area (Å²) in [4.78, 5) is 11.8. The van der Waals surface area contributed by atoms with Gasteiger partial charge in [-0.25, -0.2) is 0 Å². The summed E-state index contributed by atoms with van der Waals surface area (Å²) in [7, 11) is 0. The van der Waals surface area contributed by atoms with E-state index in [0.717, 1.165) is 5.56 Å². The van der Waals surface area contributed by atoms with Crippen LogP contribution in [0.4, 0.5) is 0 Å². The molecule has 0 spiro atoms. The molecule has 1 atom stereocenters. The molecule has 0 saturated carbocycles. The van der Waals surface area contributed by atoms with Crippen LogP contribution in [0, 0.1) is 0 Å². The molecule has 1 amide bonds. The molecule has 0 aliphatic rings. The molecule has 0 fully saturated rings. The number of carbonyl (C=O) groups excluding carboxylic acids is 1. The van der Waals surface area contributed by atoms with E-state index in [9.17, 15) is 4.79 Å². The van der Waals surface area contributed by atoms with Gasteiger partial charge in [0, 0.05) is 5.02 Å². The summed E-state index contributed by atoms with van der Waals surface area (Å²) in [5.74, 6) is -0.0556. The summed E-state index contributed by atoms with van der Waals surface area (Å²) in [6.07, 6.45) is 0. The summed E-state index contributed by atoms with van der Waals surface area (Å²) in [5, 5.41) is 3.58. The zero-order valence-corrected chi connectivity index (χ0v) is 11.9. The molecule has 0 bridgehead atoms. The van der Waals surface area contributed by atoms with Crippen LogP contribution in [0.2, 0.25) is 5.02 Å². The molecule has 88 valence electrons. The lowest BCUT2D eigenvalue weighted by Gasteiger charge is -2.21. The van der Waals surface area contributed by atoms with Crippen molar-refractivity contribution in [2.24, 2.45) is 0 Å². The number of carbonyl (C=O) groups is 1. The Kier molecular flexibility index (Phi) is 4.39. The summed E-state index contributed by atoms with van der Waals surface area (Å²) >= 11 is 9.37. The lowest BCUT2D eigenvalue weighted by Crippen LogP contribution is -2.38. The quantitative estimate of drug-likeness (QED) is 0.848. The maximum Gasteiger partial charge on any atom is 0.236 e. The van der Waals surface area contributed by atoms with E-state index in [-0.39, 0.29) is 11.9 Å². The third-order valence-corrected chi connectivity index (χ3v) is 2.96. The normalized spacial score (nSPS) is 13.3. The summed E-state index contributed by atoms with van der Waals surface area (Å²) in [6, 6.07) is 7.41. The molecular formula is C12H15BrClNO. The number of nitrogens with one attached hydrogen (secondary N) is 1. The standard InChI is InChI=1S/C12H15BrClNO/c1-8(15-11(16)12(2,3)13)9-6-4-5-7-10(9)14/h4-8H,1-3H3,(H,15,16). The molecule has 1 unspecified atom stereocenters. The molecular weight excluding hydrogens is 289 g/mol. The minimum atomic E-state index is -0.567. The van der Waals surface area contributed by atoms with Crippen molar-refractivity contribution in [2.75, 3.05) is 0 Å². The van der Waals surface area contributed by atoms with Crippen molar-refractivity contribution in [3.8, 4) is 0 Å². The Morgan fingerprint density at radius 1 is 1.44 bits per heavy atom. The fraction of sp³-hybridized carbons (Fsp3) is 0.417. The van der Waals surface area contributed by atoms with Gasteiger partial charge in [0.05, 0.1) is 10.4 Å². The molecule has 0 aliphatic heterocycles. The van der Waals surface area contributed by atoms with Crippen LogP contribution in [-0.2, 0) is 4.79 Å². The van der Waals surface area contributed by atoms with Crippen molar-refractivity contribution in [1.82, 2.24) is 5.32 Å². The lowest BCUT2D eigenvalue weighted by atomic mass is 10.1. The molecule has 1 N–H and O–H groups in total. The van der Waals surface area contributed by atoms with Crippen LogP contribution in [0.5, 0.6) is 0 Å². The van der Waals surface area contributed by atoms with Gasteiger partial charge in [0.2, 0.25) is 5.91 Å². The number of hydrogen-bond acceptors (Lipinski definition) is 1. The van der Waals surface area contributed by atoms with Crippen LogP contribution < -0.4 is 5.32 Å². The second kappa shape index (κ2) is 5.19. The number of alkyl halides is 1. The average Bonchev–Trinajstić information content (AvgIpc) is 2.16. The zero-order valence-electron chi connectivity index (χ0n) is 9.55. The number of rotatable bonds is 3. The van der Waals surface area contributed by atoms with Gasteiger partial charge in [-0.1, -0.05) is 45.7 Å². The van der Waals surface area contributed by atoms with Gasteiger partial charge in [-0.15, -0.1) is 0 Å². The number of halogens is 2. The molecule has 0 radical (unpaired) electrons. The molecule has 0 saturated heterocycles. The third kappa shape index (κ3) is 3.49. The minimum absolute atomic E-state index is 0.0556. The van der Waals surface area contributed by atoms with Crippen molar-refractivity contribution >= 4 is 33.4 Å².